The molecule has 2 heterocycles. The second-order valence-electron chi connectivity index (χ2n) is 7.67. The normalized spacial score (nSPS) is 23.2. The lowest BCUT2D eigenvalue weighted by Crippen LogP contribution is -2.45. The molecule has 24 heavy (non-hydrogen) atoms. The molecule has 0 N–H and O–H groups in total. The summed E-state index contributed by atoms with van der Waals surface area (Å²) in [7, 11) is 0. The van der Waals surface area contributed by atoms with Crippen molar-refractivity contribution in [2.75, 3.05) is 0 Å². The van der Waals surface area contributed by atoms with Crippen LogP contribution in [0.25, 0.3) is 0 Å². The van der Waals surface area contributed by atoms with Crippen LogP contribution in [0.4, 0.5) is 13.6 Å². The van der Waals surface area contributed by atoms with Crippen molar-refractivity contribution in [2.45, 2.75) is 64.1 Å². The number of carbonyl (C=O) groups excluding carboxylic acids is 1. The minimum Gasteiger partial charge on any atom is -0.444 e. The molecule has 0 saturated carbocycles. The largest absolute Gasteiger partial charge is 0.444 e. The van der Waals surface area contributed by atoms with Gasteiger partial charge in [-0.1, -0.05) is 11.6 Å². The first-order chi connectivity index (χ1) is 11.2. The zero-order valence-electron chi connectivity index (χ0n) is 14.3. The Balaban J connectivity index is 1.73. The zero-order valence-corrected chi connectivity index (χ0v) is 14.3. The second-order valence-corrected chi connectivity index (χ2v) is 7.67. The maximum atomic E-state index is 13.3. The smallest absolute Gasteiger partial charge is 0.411 e. The Hall–Kier alpha value is -1.91. The first-order valence-corrected chi connectivity index (χ1v) is 8.37. The van der Waals surface area contributed by atoms with Crippen molar-refractivity contribution in [2.24, 2.45) is 0 Å². The van der Waals surface area contributed by atoms with Crippen molar-refractivity contribution in [3.63, 3.8) is 0 Å². The van der Waals surface area contributed by atoms with E-state index in [0.717, 1.165) is 30.9 Å². The summed E-state index contributed by atoms with van der Waals surface area (Å²) in [5.74, 6) is -1.11. The zero-order chi connectivity index (χ0) is 17.5. The standard InChI is InChI=1S/C19H23F2NO2/c1-19(2,3)24-18(23)22-16-4-5-17(22)10-13(9-16)6-12-7-14(20)11-15(21)8-12/h7-9,11,16-17H,4-6,10H2,1-3H3. The van der Waals surface area contributed by atoms with E-state index in [-0.39, 0.29) is 18.2 Å². The van der Waals surface area contributed by atoms with E-state index >= 15 is 0 Å². The van der Waals surface area contributed by atoms with Gasteiger partial charge in [0.25, 0.3) is 0 Å². The average Bonchev–Trinajstić information content (AvgIpc) is 2.68. The number of fused-ring (bicyclic) bond motifs is 2. The second kappa shape index (κ2) is 6.19. The van der Waals surface area contributed by atoms with Crippen LogP contribution < -0.4 is 0 Å². The van der Waals surface area contributed by atoms with Gasteiger partial charge < -0.3 is 4.74 Å². The van der Waals surface area contributed by atoms with Crippen LogP contribution in [0, 0.1) is 11.6 Å². The predicted octanol–water partition coefficient (Wildman–Crippen LogP) is 4.61. The van der Waals surface area contributed by atoms with Crippen molar-refractivity contribution < 1.29 is 18.3 Å². The summed E-state index contributed by atoms with van der Waals surface area (Å²) in [6, 6.07) is 3.75. The van der Waals surface area contributed by atoms with Crippen molar-refractivity contribution in [1.82, 2.24) is 4.90 Å². The molecule has 0 spiro atoms. The molecule has 0 aliphatic carbocycles. The molecule has 130 valence electrons. The highest BCUT2D eigenvalue weighted by Gasteiger charge is 2.41. The Morgan fingerprint density at radius 1 is 1.21 bits per heavy atom. The van der Waals surface area contributed by atoms with Crippen molar-refractivity contribution >= 4 is 6.09 Å². The number of ether oxygens (including phenoxy) is 1. The monoisotopic (exact) mass is 335 g/mol. The molecule has 2 aliphatic rings. The lowest BCUT2D eigenvalue weighted by Gasteiger charge is -2.35. The van der Waals surface area contributed by atoms with Gasteiger partial charge in [-0.25, -0.2) is 13.6 Å². The first-order valence-electron chi connectivity index (χ1n) is 8.37. The van der Waals surface area contributed by atoms with Crippen LogP contribution in [0.3, 0.4) is 0 Å². The summed E-state index contributed by atoms with van der Waals surface area (Å²) in [5.41, 5.74) is 1.25. The third-order valence-corrected chi connectivity index (χ3v) is 4.43. The molecule has 3 rings (SSSR count). The number of carbonyl (C=O) groups is 1. The minimum absolute atomic E-state index is 0.0204. The molecular weight excluding hydrogens is 312 g/mol. The third-order valence-electron chi connectivity index (χ3n) is 4.43. The van der Waals surface area contributed by atoms with Gasteiger partial charge in [-0.3, -0.25) is 4.90 Å². The van der Waals surface area contributed by atoms with Gasteiger partial charge in [0, 0.05) is 12.1 Å². The lowest BCUT2D eigenvalue weighted by atomic mass is 9.95. The van der Waals surface area contributed by atoms with E-state index in [4.69, 9.17) is 4.74 Å². The number of hydrogen-bond donors (Lipinski definition) is 0. The molecule has 1 aromatic carbocycles. The van der Waals surface area contributed by atoms with Gasteiger partial charge in [-0.15, -0.1) is 0 Å². The predicted molar refractivity (Wildman–Crippen MR) is 87.6 cm³/mol. The molecule has 2 aliphatic heterocycles. The van der Waals surface area contributed by atoms with Crippen LogP contribution in [0.1, 0.15) is 45.6 Å². The number of nitrogens with zero attached hydrogens (tertiary/aromatic N) is 1. The number of halogens is 2. The van der Waals surface area contributed by atoms with E-state index in [1.54, 1.807) is 0 Å². The number of amides is 1. The summed E-state index contributed by atoms with van der Waals surface area (Å²) < 4.78 is 32.2. The molecule has 0 radical (unpaired) electrons. The highest BCUT2D eigenvalue weighted by molar-refractivity contribution is 5.70. The molecule has 1 amide bonds. The Morgan fingerprint density at radius 2 is 1.88 bits per heavy atom. The van der Waals surface area contributed by atoms with E-state index in [1.165, 1.54) is 12.1 Å². The van der Waals surface area contributed by atoms with E-state index in [9.17, 15) is 13.6 Å². The van der Waals surface area contributed by atoms with Crippen LogP contribution in [0.2, 0.25) is 0 Å². The molecule has 2 unspecified atom stereocenters. The van der Waals surface area contributed by atoms with E-state index < -0.39 is 17.2 Å². The summed E-state index contributed by atoms with van der Waals surface area (Å²) in [6.45, 7) is 5.57. The molecule has 0 aromatic heterocycles. The van der Waals surface area contributed by atoms with Gasteiger partial charge in [0.15, 0.2) is 0 Å². The minimum atomic E-state index is -0.556. The Kier molecular flexibility index (Phi) is 4.37. The summed E-state index contributed by atoms with van der Waals surface area (Å²) in [6.07, 6.45) is 4.88. The average molecular weight is 335 g/mol. The molecule has 1 aromatic rings. The number of hydrogen-bond acceptors (Lipinski definition) is 2. The molecule has 1 fully saturated rings. The molecule has 5 heteroatoms. The fraction of sp³-hybridized carbons (Fsp3) is 0.526. The van der Waals surface area contributed by atoms with Crippen LogP contribution >= 0.6 is 0 Å². The van der Waals surface area contributed by atoms with E-state index in [1.807, 2.05) is 25.7 Å². The topological polar surface area (TPSA) is 29.5 Å². The first kappa shape index (κ1) is 16.9. The Bertz CT molecular complexity index is 658. The third kappa shape index (κ3) is 3.77. The highest BCUT2D eigenvalue weighted by atomic mass is 19.1. The molecule has 2 atom stereocenters. The van der Waals surface area contributed by atoms with E-state index in [0.29, 0.717) is 12.0 Å². The van der Waals surface area contributed by atoms with Crippen LogP contribution in [-0.4, -0.2) is 28.7 Å². The molecule has 1 saturated heterocycles. The van der Waals surface area contributed by atoms with Gasteiger partial charge >= 0.3 is 6.09 Å². The Labute approximate surface area is 141 Å². The maximum Gasteiger partial charge on any atom is 0.411 e. The van der Waals surface area contributed by atoms with Crippen LogP contribution in [-0.2, 0) is 11.2 Å². The van der Waals surface area contributed by atoms with Gasteiger partial charge in [0.2, 0.25) is 0 Å². The maximum absolute atomic E-state index is 13.3. The van der Waals surface area contributed by atoms with Gasteiger partial charge in [0.05, 0.1) is 6.04 Å². The molecule has 3 nitrogen and oxygen atoms in total. The van der Waals surface area contributed by atoms with Crippen molar-refractivity contribution in [1.29, 1.82) is 0 Å². The summed E-state index contributed by atoms with van der Waals surface area (Å²) >= 11 is 0. The van der Waals surface area contributed by atoms with Crippen molar-refractivity contribution in [3.05, 3.63) is 47.0 Å². The SMILES string of the molecule is CC(C)(C)OC(=O)N1C2C=C(Cc3cc(F)cc(F)c3)CC1CC2. The number of benzene rings is 1. The van der Waals surface area contributed by atoms with Crippen LogP contribution in [0.15, 0.2) is 29.8 Å². The molecular formula is C19H23F2NO2. The highest BCUT2D eigenvalue weighted by Crippen LogP contribution is 2.37. The fourth-order valence-electron chi connectivity index (χ4n) is 3.62. The summed E-state index contributed by atoms with van der Waals surface area (Å²) in [4.78, 5) is 14.2. The van der Waals surface area contributed by atoms with Crippen molar-refractivity contribution in [3.8, 4) is 0 Å². The summed E-state index contributed by atoms with van der Waals surface area (Å²) in [5, 5.41) is 0. The lowest BCUT2D eigenvalue weighted by molar-refractivity contribution is 0.0166. The van der Waals surface area contributed by atoms with Gasteiger partial charge in [-0.2, -0.15) is 0 Å². The quantitative estimate of drug-likeness (QED) is 0.739. The fourth-order valence-corrected chi connectivity index (χ4v) is 3.62. The van der Waals surface area contributed by atoms with E-state index in [2.05, 4.69) is 6.08 Å². The van der Waals surface area contributed by atoms with Gasteiger partial charge in [0.1, 0.15) is 17.2 Å². The molecule has 2 bridgehead atoms. The van der Waals surface area contributed by atoms with Gasteiger partial charge in [-0.05, 0) is 64.2 Å². The Morgan fingerprint density at radius 3 is 2.46 bits per heavy atom. The number of rotatable bonds is 2. The van der Waals surface area contributed by atoms with Crippen LogP contribution in [0.5, 0.6) is 0 Å².